The molecule has 0 saturated carbocycles. The molecule has 0 aliphatic heterocycles. The SMILES string of the molecule is CCn1c(C(=O)NCCc2nc3ccccc3[nH]2)cc2ccccc21. The van der Waals surface area contributed by atoms with Gasteiger partial charge in [0.2, 0.25) is 0 Å². The van der Waals surface area contributed by atoms with Crippen LogP contribution in [0.4, 0.5) is 0 Å². The summed E-state index contributed by atoms with van der Waals surface area (Å²) in [7, 11) is 0. The van der Waals surface area contributed by atoms with Gasteiger partial charge in [-0.05, 0) is 31.2 Å². The number of hydrogen-bond acceptors (Lipinski definition) is 2. The van der Waals surface area contributed by atoms with Crippen molar-refractivity contribution >= 4 is 27.8 Å². The summed E-state index contributed by atoms with van der Waals surface area (Å²) in [5.74, 6) is 0.840. The van der Waals surface area contributed by atoms with E-state index in [4.69, 9.17) is 0 Å². The average molecular weight is 332 g/mol. The molecule has 2 aromatic carbocycles. The molecular weight excluding hydrogens is 312 g/mol. The Morgan fingerprint density at radius 3 is 2.80 bits per heavy atom. The van der Waals surface area contributed by atoms with E-state index in [1.807, 2.05) is 59.2 Å². The van der Waals surface area contributed by atoms with Gasteiger partial charge in [0.15, 0.2) is 0 Å². The van der Waals surface area contributed by atoms with Gasteiger partial charge in [-0.3, -0.25) is 4.79 Å². The second-order valence-corrected chi connectivity index (χ2v) is 6.04. The molecule has 5 heteroatoms. The number of aromatic amines is 1. The highest BCUT2D eigenvalue weighted by Gasteiger charge is 2.14. The second-order valence-electron chi connectivity index (χ2n) is 6.04. The quantitative estimate of drug-likeness (QED) is 0.587. The fourth-order valence-electron chi connectivity index (χ4n) is 3.25. The molecule has 0 unspecified atom stereocenters. The molecule has 25 heavy (non-hydrogen) atoms. The van der Waals surface area contributed by atoms with Crippen molar-refractivity contribution in [3.05, 3.63) is 66.1 Å². The molecule has 5 nitrogen and oxygen atoms in total. The summed E-state index contributed by atoms with van der Waals surface area (Å²) in [5.41, 5.74) is 3.77. The van der Waals surface area contributed by atoms with Gasteiger partial charge in [0, 0.05) is 30.4 Å². The topological polar surface area (TPSA) is 62.7 Å². The minimum absolute atomic E-state index is 0.0471. The fourth-order valence-corrected chi connectivity index (χ4v) is 3.25. The zero-order chi connectivity index (χ0) is 17.2. The lowest BCUT2D eigenvalue weighted by atomic mass is 10.2. The van der Waals surface area contributed by atoms with Crippen molar-refractivity contribution in [3.8, 4) is 0 Å². The summed E-state index contributed by atoms with van der Waals surface area (Å²) in [6.45, 7) is 3.36. The van der Waals surface area contributed by atoms with E-state index in [0.29, 0.717) is 18.7 Å². The van der Waals surface area contributed by atoms with Gasteiger partial charge in [0.1, 0.15) is 11.5 Å². The first-order chi connectivity index (χ1) is 12.3. The number of amides is 1. The van der Waals surface area contributed by atoms with Gasteiger partial charge in [-0.1, -0.05) is 30.3 Å². The number of imidazole rings is 1. The van der Waals surface area contributed by atoms with Crippen molar-refractivity contribution in [2.24, 2.45) is 0 Å². The minimum atomic E-state index is -0.0471. The molecule has 0 fully saturated rings. The van der Waals surface area contributed by atoms with Gasteiger partial charge in [-0.15, -0.1) is 0 Å². The van der Waals surface area contributed by atoms with E-state index in [0.717, 1.165) is 34.3 Å². The molecule has 4 aromatic rings. The molecule has 2 aromatic heterocycles. The Kier molecular flexibility index (Phi) is 3.98. The van der Waals surface area contributed by atoms with Gasteiger partial charge in [-0.2, -0.15) is 0 Å². The van der Waals surface area contributed by atoms with Crippen LogP contribution in [0.3, 0.4) is 0 Å². The van der Waals surface area contributed by atoms with Crippen LogP contribution in [0.2, 0.25) is 0 Å². The van der Waals surface area contributed by atoms with Crippen LogP contribution < -0.4 is 5.32 Å². The van der Waals surface area contributed by atoms with Gasteiger partial charge in [0.05, 0.1) is 11.0 Å². The third-order valence-electron chi connectivity index (χ3n) is 4.45. The Balaban J connectivity index is 1.47. The first-order valence-electron chi connectivity index (χ1n) is 8.56. The predicted molar refractivity (Wildman–Crippen MR) is 99.7 cm³/mol. The lowest BCUT2D eigenvalue weighted by Crippen LogP contribution is -2.28. The van der Waals surface area contributed by atoms with Crippen molar-refractivity contribution in [1.82, 2.24) is 19.9 Å². The summed E-state index contributed by atoms with van der Waals surface area (Å²) >= 11 is 0. The Hall–Kier alpha value is -3.08. The van der Waals surface area contributed by atoms with Crippen molar-refractivity contribution in [2.75, 3.05) is 6.54 Å². The number of H-pyrrole nitrogens is 1. The number of carbonyl (C=O) groups is 1. The standard InChI is InChI=1S/C20H20N4O/c1-2-24-17-10-6-3-7-14(17)13-18(24)20(25)21-12-11-19-22-15-8-4-5-9-16(15)23-19/h3-10,13H,2,11-12H2,1H3,(H,21,25)(H,22,23). The van der Waals surface area contributed by atoms with Crippen molar-refractivity contribution < 1.29 is 4.79 Å². The molecule has 0 aliphatic rings. The summed E-state index contributed by atoms with van der Waals surface area (Å²) in [4.78, 5) is 20.4. The first kappa shape index (κ1) is 15.4. The highest BCUT2D eigenvalue weighted by atomic mass is 16.1. The number of para-hydroxylation sites is 3. The number of carbonyl (C=O) groups excluding carboxylic acids is 1. The second kappa shape index (κ2) is 6.43. The molecule has 4 rings (SSSR count). The van der Waals surface area contributed by atoms with Gasteiger partial charge >= 0.3 is 0 Å². The Bertz CT molecular complexity index is 1010. The maximum atomic E-state index is 12.6. The number of rotatable bonds is 5. The maximum absolute atomic E-state index is 12.6. The average Bonchev–Trinajstić information content (AvgIpc) is 3.22. The smallest absolute Gasteiger partial charge is 0.267 e. The number of nitrogens with one attached hydrogen (secondary N) is 2. The lowest BCUT2D eigenvalue weighted by Gasteiger charge is -2.08. The van der Waals surface area contributed by atoms with Crippen LogP contribution in [0.1, 0.15) is 23.2 Å². The lowest BCUT2D eigenvalue weighted by molar-refractivity contribution is 0.0945. The zero-order valence-corrected chi connectivity index (χ0v) is 14.1. The van der Waals surface area contributed by atoms with Gasteiger partial charge < -0.3 is 14.9 Å². The van der Waals surface area contributed by atoms with E-state index < -0.39 is 0 Å². The molecule has 0 aliphatic carbocycles. The summed E-state index contributed by atoms with van der Waals surface area (Å²) in [5, 5.41) is 4.10. The number of nitrogens with zero attached hydrogens (tertiary/aromatic N) is 2. The molecule has 0 bridgehead atoms. The van der Waals surface area contributed by atoms with Crippen molar-refractivity contribution in [2.45, 2.75) is 19.9 Å². The molecular formula is C20H20N4O. The van der Waals surface area contributed by atoms with Crippen LogP contribution in [0.15, 0.2) is 54.6 Å². The minimum Gasteiger partial charge on any atom is -0.350 e. The number of fused-ring (bicyclic) bond motifs is 2. The first-order valence-corrected chi connectivity index (χ1v) is 8.56. The van der Waals surface area contributed by atoms with E-state index in [9.17, 15) is 4.79 Å². The molecule has 0 spiro atoms. The van der Waals surface area contributed by atoms with Crippen LogP contribution in [0.25, 0.3) is 21.9 Å². The number of benzene rings is 2. The van der Waals surface area contributed by atoms with E-state index in [1.54, 1.807) is 0 Å². The molecule has 2 heterocycles. The Labute approximate surface area is 145 Å². The number of hydrogen-bond donors (Lipinski definition) is 2. The van der Waals surface area contributed by atoms with Crippen LogP contribution in [-0.2, 0) is 13.0 Å². The zero-order valence-electron chi connectivity index (χ0n) is 14.1. The monoisotopic (exact) mass is 332 g/mol. The van der Waals surface area contributed by atoms with Gasteiger partial charge in [-0.25, -0.2) is 4.98 Å². The largest absolute Gasteiger partial charge is 0.350 e. The third kappa shape index (κ3) is 2.89. The Morgan fingerprint density at radius 2 is 1.96 bits per heavy atom. The van der Waals surface area contributed by atoms with E-state index in [2.05, 4.69) is 22.2 Å². The van der Waals surface area contributed by atoms with E-state index >= 15 is 0 Å². The van der Waals surface area contributed by atoms with Crippen molar-refractivity contribution in [1.29, 1.82) is 0 Å². The van der Waals surface area contributed by atoms with E-state index in [1.165, 1.54) is 0 Å². The molecule has 0 saturated heterocycles. The Morgan fingerprint density at radius 1 is 1.16 bits per heavy atom. The van der Waals surface area contributed by atoms with Crippen molar-refractivity contribution in [3.63, 3.8) is 0 Å². The van der Waals surface area contributed by atoms with Crippen LogP contribution in [-0.4, -0.2) is 27.0 Å². The van der Waals surface area contributed by atoms with Gasteiger partial charge in [0.25, 0.3) is 5.91 Å². The van der Waals surface area contributed by atoms with Crippen LogP contribution in [0, 0.1) is 0 Å². The van der Waals surface area contributed by atoms with Crippen LogP contribution in [0.5, 0.6) is 0 Å². The normalized spacial score (nSPS) is 11.2. The predicted octanol–water partition coefficient (Wildman–Crippen LogP) is 3.51. The molecule has 1 amide bonds. The van der Waals surface area contributed by atoms with E-state index in [-0.39, 0.29) is 5.91 Å². The van der Waals surface area contributed by atoms with Crippen LogP contribution >= 0.6 is 0 Å². The summed E-state index contributed by atoms with van der Waals surface area (Å²) in [6.07, 6.45) is 0.673. The summed E-state index contributed by atoms with van der Waals surface area (Å²) < 4.78 is 2.05. The fraction of sp³-hybridized carbons (Fsp3) is 0.200. The molecule has 0 radical (unpaired) electrons. The third-order valence-corrected chi connectivity index (χ3v) is 4.45. The number of aromatic nitrogens is 3. The molecule has 126 valence electrons. The maximum Gasteiger partial charge on any atom is 0.267 e. The molecule has 2 N–H and O–H groups in total. The number of aryl methyl sites for hydroxylation is 1. The highest BCUT2D eigenvalue weighted by molar-refractivity contribution is 5.98. The highest BCUT2D eigenvalue weighted by Crippen LogP contribution is 2.19. The summed E-state index contributed by atoms with van der Waals surface area (Å²) in [6, 6.07) is 18.0. The molecule has 0 atom stereocenters.